The molecule has 1 aromatic carbocycles. The first-order chi connectivity index (χ1) is 8.13. The van der Waals surface area contributed by atoms with Crippen molar-refractivity contribution in [3.05, 3.63) is 35.4 Å². The molecule has 1 aliphatic heterocycles. The summed E-state index contributed by atoms with van der Waals surface area (Å²) >= 11 is 0. The lowest BCUT2D eigenvalue weighted by Gasteiger charge is -2.43. The van der Waals surface area contributed by atoms with Gasteiger partial charge in [0.15, 0.2) is 0 Å². The van der Waals surface area contributed by atoms with Crippen molar-refractivity contribution in [1.29, 1.82) is 0 Å². The van der Waals surface area contributed by atoms with Crippen molar-refractivity contribution in [2.24, 2.45) is 0 Å². The van der Waals surface area contributed by atoms with E-state index in [1.54, 1.807) is 0 Å². The van der Waals surface area contributed by atoms with Crippen LogP contribution < -0.4 is 5.32 Å². The predicted octanol–water partition coefficient (Wildman–Crippen LogP) is 2.43. The van der Waals surface area contributed by atoms with Gasteiger partial charge in [-0.1, -0.05) is 31.2 Å². The smallest absolute Gasteiger partial charge is 0.0281 e. The zero-order valence-corrected chi connectivity index (χ0v) is 11.3. The number of aryl methyl sites for hydroxylation is 1. The van der Waals surface area contributed by atoms with Crippen LogP contribution in [-0.2, 0) is 13.0 Å². The minimum Gasteiger partial charge on any atom is -0.314 e. The average Bonchev–Trinajstić information content (AvgIpc) is 2.32. The van der Waals surface area contributed by atoms with Gasteiger partial charge in [0.1, 0.15) is 0 Å². The molecule has 0 saturated carbocycles. The van der Waals surface area contributed by atoms with Crippen molar-refractivity contribution in [1.82, 2.24) is 10.2 Å². The number of nitrogens with zero attached hydrogens (tertiary/aromatic N) is 1. The molecule has 2 rings (SSSR count). The molecule has 1 N–H and O–H groups in total. The van der Waals surface area contributed by atoms with Gasteiger partial charge in [-0.2, -0.15) is 0 Å². The van der Waals surface area contributed by atoms with Gasteiger partial charge >= 0.3 is 0 Å². The fourth-order valence-electron chi connectivity index (χ4n) is 2.58. The van der Waals surface area contributed by atoms with Crippen molar-refractivity contribution in [2.75, 3.05) is 19.6 Å². The first kappa shape index (κ1) is 12.6. The van der Waals surface area contributed by atoms with Gasteiger partial charge in [0.2, 0.25) is 0 Å². The fraction of sp³-hybridized carbons (Fsp3) is 0.600. The summed E-state index contributed by atoms with van der Waals surface area (Å²) in [5, 5.41) is 3.48. The van der Waals surface area contributed by atoms with E-state index in [0.29, 0.717) is 0 Å². The molecule has 94 valence electrons. The number of nitrogens with one attached hydrogen (secondary N) is 1. The molecule has 1 aromatic rings. The maximum Gasteiger partial charge on any atom is 0.0281 e. The summed E-state index contributed by atoms with van der Waals surface area (Å²) in [6.45, 7) is 11.3. The Hall–Kier alpha value is -0.860. The van der Waals surface area contributed by atoms with E-state index in [4.69, 9.17) is 0 Å². The van der Waals surface area contributed by atoms with E-state index in [0.717, 1.165) is 32.6 Å². The molecule has 1 heterocycles. The lowest BCUT2D eigenvalue weighted by molar-refractivity contribution is 0.0825. The lowest BCUT2D eigenvalue weighted by Crippen LogP contribution is -2.57. The molecule has 1 fully saturated rings. The van der Waals surface area contributed by atoms with E-state index in [-0.39, 0.29) is 5.54 Å². The monoisotopic (exact) mass is 232 g/mol. The van der Waals surface area contributed by atoms with E-state index < -0.39 is 0 Å². The first-order valence-corrected chi connectivity index (χ1v) is 6.66. The number of hydrogen-bond acceptors (Lipinski definition) is 2. The summed E-state index contributed by atoms with van der Waals surface area (Å²) < 4.78 is 0. The third-order valence-corrected chi connectivity index (χ3v) is 3.83. The lowest BCUT2D eigenvalue weighted by atomic mass is 9.97. The van der Waals surface area contributed by atoms with Crippen LogP contribution in [-0.4, -0.2) is 30.1 Å². The molecular weight excluding hydrogens is 208 g/mol. The summed E-state index contributed by atoms with van der Waals surface area (Å²) in [7, 11) is 0. The molecule has 0 spiro atoms. The fourth-order valence-corrected chi connectivity index (χ4v) is 2.58. The van der Waals surface area contributed by atoms with Crippen LogP contribution in [0.1, 0.15) is 31.9 Å². The first-order valence-electron chi connectivity index (χ1n) is 6.66. The predicted molar refractivity (Wildman–Crippen MR) is 73.2 cm³/mol. The SMILES string of the molecule is CCc1ccccc1CN1CCNCC1(C)C. The normalized spacial score (nSPS) is 20.4. The van der Waals surface area contributed by atoms with Crippen molar-refractivity contribution >= 4 is 0 Å². The van der Waals surface area contributed by atoms with Crippen LogP contribution in [0.25, 0.3) is 0 Å². The molecule has 0 aliphatic carbocycles. The molecule has 0 radical (unpaired) electrons. The van der Waals surface area contributed by atoms with E-state index in [1.165, 1.54) is 11.1 Å². The van der Waals surface area contributed by atoms with Crippen LogP contribution in [0.2, 0.25) is 0 Å². The van der Waals surface area contributed by atoms with Crippen LogP contribution in [0.5, 0.6) is 0 Å². The second-order valence-electron chi connectivity index (χ2n) is 5.53. The van der Waals surface area contributed by atoms with Gasteiger partial charge in [0.05, 0.1) is 0 Å². The van der Waals surface area contributed by atoms with Crippen LogP contribution >= 0.6 is 0 Å². The van der Waals surface area contributed by atoms with Crippen molar-refractivity contribution in [3.8, 4) is 0 Å². The van der Waals surface area contributed by atoms with E-state index >= 15 is 0 Å². The van der Waals surface area contributed by atoms with E-state index in [1.807, 2.05) is 0 Å². The molecule has 0 atom stereocenters. The Morgan fingerprint density at radius 3 is 2.59 bits per heavy atom. The van der Waals surface area contributed by atoms with Gasteiger partial charge in [-0.3, -0.25) is 4.90 Å². The maximum absolute atomic E-state index is 3.48. The quantitative estimate of drug-likeness (QED) is 0.861. The van der Waals surface area contributed by atoms with Crippen molar-refractivity contribution < 1.29 is 0 Å². The van der Waals surface area contributed by atoms with Crippen LogP contribution in [0.15, 0.2) is 24.3 Å². The maximum atomic E-state index is 3.48. The topological polar surface area (TPSA) is 15.3 Å². The highest BCUT2D eigenvalue weighted by Gasteiger charge is 2.29. The van der Waals surface area contributed by atoms with Crippen LogP contribution in [0, 0.1) is 0 Å². The highest BCUT2D eigenvalue weighted by Crippen LogP contribution is 2.21. The number of piperazine rings is 1. The molecule has 0 bridgehead atoms. The highest BCUT2D eigenvalue weighted by atomic mass is 15.2. The number of rotatable bonds is 3. The Morgan fingerprint density at radius 2 is 1.94 bits per heavy atom. The van der Waals surface area contributed by atoms with Crippen LogP contribution in [0.3, 0.4) is 0 Å². The zero-order valence-electron chi connectivity index (χ0n) is 11.3. The summed E-state index contributed by atoms with van der Waals surface area (Å²) in [5.41, 5.74) is 3.24. The van der Waals surface area contributed by atoms with Gasteiger partial charge < -0.3 is 5.32 Å². The highest BCUT2D eigenvalue weighted by molar-refractivity contribution is 5.27. The van der Waals surface area contributed by atoms with E-state index in [2.05, 4.69) is 55.3 Å². The van der Waals surface area contributed by atoms with Gasteiger partial charge in [0.25, 0.3) is 0 Å². The number of hydrogen-bond donors (Lipinski definition) is 1. The molecule has 2 nitrogen and oxygen atoms in total. The molecule has 1 saturated heterocycles. The molecule has 0 unspecified atom stereocenters. The molecule has 0 amide bonds. The largest absolute Gasteiger partial charge is 0.314 e. The average molecular weight is 232 g/mol. The summed E-state index contributed by atoms with van der Waals surface area (Å²) in [4.78, 5) is 2.60. The molecule has 1 aliphatic rings. The Labute approximate surface area is 105 Å². The summed E-state index contributed by atoms with van der Waals surface area (Å²) in [6, 6.07) is 8.83. The third-order valence-electron chi connectivity index (χ3n) is 3.83. The van der Waals surface area contributed by atoms with E-state index in [9.17, 15) is 0 Å². The van der Waals surface area contributed by atoms with Gasteiger partial charge in [0, 0.05) is 31.7 Å². The minimum absolute atomic E-state index is 0.263. The Bertz CT molecular complexity index is 371. The van der Waals surface area contributed by atoms with Crippen molar-refractivity contribution in [2.45, 2.75) is 39.3 Å². The third kappa shape index (κ3) is 2.88. The Balaban J connectivity index is 2.14. The standard InChI is InChI=1S/C15H24N2/c1-4-13-7-5-6-8-14(13)11-17-10-9-16-12-15(17,2)3/h5-8,16H,4,9-12H2,1-3H3. The molecule has 0 aromatic heterocycles. The number of benzene rings is 1. The van der Waals surface area contributed by atoms with Gasteiger partial charge in [-0.25, -0.2) is 0 Å². The molecular formula is C15H24N2. The molecule has 2 heteroatoms. The zero-order chi connectivity index (χ0) is 12.3. The Morgan fingerprint density at radius 1 is 1.24 bits per heavy atom. The van der Waals surface area contributed by atoms with Crippen LogP contribution in [0.4, 0.5) is 0 Å². The molecule has 17 heavy (non-hydrogen) atoms. The minimum atomic E-state index is 0.263. The summed E-state index contributed by atoms with van der Waals surface area (Å²) in [6.07, 6.45) is 1.13. The van der Waals surface area contributed by atoms with Gasteiger partial charge in [-0.05, 0) is 31.4 Å². The van der Waals surface area contributed by atoms with Gasteiger partial charge in [-0.15, -0.1) is 0 Å². The van der Waals surface area contributed by atoms with Crippen molar-refractivity contribution in [3.63, 3.8) is 0 Å². The second kappa shape index (κ2) is 5.19. The summed E-state index contributed by atoms with van der Waals surface area (Å²) in [5.74, 6) is 0. The second-order valence-corrected chi connectivity index (χ2v) is 5.53. The Kier molecular flexibility index (Phi) is 3.85.